The number of H-pyrrole nitrogens is 1. The summed E-state index contributed by atoms with van der Waals surface area (Å²) in [5.41, 5.74) is 3.13. The molecule has 12 heteroatoms. The number of ether oxygens (including phenoxy) is 1. The molecule has 2 amide bonds. The minimum atomic E-state index is -2.64. The van der Waals surface area contributed by atoms with Crippen molar-refractivity contribution >= 4 is 51.3 Å². The molecular weight excluding hydrogens is 638 g/mol. The molecule has 1 aliphatic heterocycles. The van der Waals surface area contributed by atoms with Crippen LogP contribution in [0.2, 0.25) is 0 Å². The van der Waals surface area contributed by atoms with Gasteiger partial charge >= 0.3 is 6.09 Å². The molecule has 3 atom stereocenters. The Bertz CT molecular complexity index is 1490. The molecule has 1 saturated heterocycles. The van der Waals surface area contributed by atoms with Gasteiger partial charge in [-0.15, -0.1) is 0 Å². The number of carbonyl (C=O) groups excluding carboxylic acids is 2. The lowest BCUT2D eigenvalue weighted by molar-refractivity contribution is 0.0141. The maximum Gasteiger partial charge on any atom is 0.410 e. The number of aromatic amines is 1. The quantitative estimate of drug-likeness (QED) is 0.279. The van der Waals surface area contributed by atoms with Crippen LogP contribution in [0, 0.1) is 11.3 Å². The Morgan fingerprint density at radius 2 is 1.85 bits per heavy atom. The van der Waals surface area contributed by atoms with Crippen LogP contribution in [0.5, 0.6) is 0 Å². The summed E-state index contributed by atoms with van der Waals surface area (Å²) in [7, 11) is 0. The molecule has 3 heterocycles. The fourth-order valence-corrected chi connectivity index (χ4v) is 7.63. The molecule has 2 aliphatic carbocycles. The van der Waals surface area contributed by atoms with Crippen LogP contribution >= 0.6 is 28.4 Å². The van der Waals surface area contributed by atoms with Crippen LogP contribution in [0.1, 0.15) is 49.3 Å². The van der Waals surface area contributed by atoms with Crippen LogP contribution in [-0.4, -0.2) is 74.0 Å². The van der Waals surface area contributed by atoms with Gasteiger partial charge in [0.1, 0.15) is 11.3 Å². The van der Waals surface area contributed by atoms with Crippen LogP contribution in [0.15, 0.2) is 24.3 Å². The fourth-order valence-electron chi connectivity index (χ4n) is 5.98. The topological polar surface area (TPSA) is 83.5 Å². The van der Waals surface area contributed by atoms with Gasteiger partial charge in [0.15, 0.2) is 0 Å². The molecule has 39 heavy (non-hydrogen) atoms. The van der Waals surface area contributed by atoms with E-state index in [1.54, 1.807) is 22.8 Å². The molecule has 3 aliphatic rings. The summed E-state index contributed by atoms with van der Waals surface area (Å²) < 4.78 is 36.5. The second kappa shape index (κ2) is 9.12. The summed E-state index contributed by atoms with van der Waals surface area (Å²) in [6, 6.07) is 7.51. The number of hydrogen-bond donors (Lipinski definition) is 1. The Labute approximate surface area is 240 Å². The molecule has 3 unspecified atom stereocenters. The van der Waals surface area contributed by atoms with Crippen molar-refractivity contribution in [3.8, 4) is 11.4 Å². The minimum absolute atomic E-state index is 0.0973. The highest BCUT2D eigenvalue weighted by atomic mass is 127. The van der Waals surface area contributed by atoms with Crippen molar-refractivity contribution in [2.45, 2.75) is 52.1 Å². The van der Waals surface area contributed by atoms with E-state index in [0.717, 1.165) is 33.5 Å². The van der Waals surface area contributed by atoms with E-state index in [9.17, 15) is 18.4 Å². The Morgan fingerprint density at radius 3 is 2.51 bits per heavy atom. The maximum atomic E-state index is 14.6. The van der Waals surface area contributed by atoms with E-state index < -0.39 is 22.9 Å². The van der Waals surface area contributed by atoms with E-state index in [0.29, 0.717) is 51.0 Å². The zero-order chi connectivity index (χ0) is 27.9. The van der Waals surface area contributed by atoms with Crippen LogP contribution in [-0.2, 0) is 17.6 Å². The summed E-state index contributed by atoms with van der Waals surface area (Å²) >= 11 is 2.24. The molecular formula is C27H31F2IN5O3P. The van der Waals surface area contributed by atoms with Crippen LogP contribution < -0.4 is 0 Å². The van der Waals surface area contributed by atoms with Crippen molar-refractivity contribution in [3.63, 3.8) is 0 Å². The van der Waals surface area contributed by atoms with Gasteiger partial charge in [0.05, 0.1) is 12.1 Å². The van der Waals surface area contributed by atoms with Crippen molar-refractivity contribution in [3.05, 3.63) is 41.1 Å². The van der Waals surface area contributed by atoms with Crippen molar-refractivity contribution < 1.29 is 23.1 Å². The Morgan fingerprint density at radius 1 is 1.15 bits per heavy atom. The minimum Gasteiger partial charge on any atom is -0.444 e. The van der Waals surface area contributed by atoms with Gasteiger partial charge < -0.3 is 19.5 Å². The predicted molar refractivity (Wildman–Crippen MR) is 155 cm³/mol. The average Bonchev–Trinajstić information content (AvgIpc) is 3.24. The number of aromatic nitrogens is 3. The Hall–Kier alpha value is -2.27. The molecule has 0 radical (unpaired) electrons. The van der Waals surface area contributed by atoms with E-state index in [2.05, 4.69) is 27.0 Å². The van der Waals surface area contributed by atoms with Gasteiger partial charge in [-0.1, -0.05) is 13.0 Å². The first-order valence-corrected chi connectivity index (χ1v) is 17.1. The van der Waals surface area contributed by atoms with Gasteiger partial charge in [-0.2, -0.15) is 5.10 Å². The fraction of sp³-hybridized carbons (Fsp3) is 0.519. The maximum absolute atomic E-state index is 14.6. The number of hydrogen-bond acceptors (Lipinski definition) is 4. The van der Waals surface area contributed by atoms with Gasteiger partial charge in [-0.3, -0.25) is 4.79 Å². The first-order valence-electron chi connectivity index (χ1n) is 13.1. The van der Waals surface area contributed by atoms with Crippen molar-refractivity contribution in [1.29, 1.82) is 0 Å². The summed E-state index contributed by atoms with van der Waals surface area (Å²) in [4.78, 5) is 32.4. The van der Waals surface area contributed by atoms with Gasteiger partial charge in [0.25, 0.3) is 11.8 Å². The number of fused-ring (bicyclic) bond motifs is 3. The number of amides is 2. The number of rotatable bonds is 3. The van der Waals surface area contributed by atoms with E-state index in [-0.39, 0.29) is 12.0 Å². The molecule has 1 aromatic carbocycles. The monoisotopic (exact) mass is 669 g/mol. The molecule has 1 N–H and O–H groups in total. The number of benzene rings is 1. The molecule has 0 bridgehead atoms. The summed E-state index contributed by atoms with van der Waals surface area (Å²) in [5.74, 6) is -3.38. The largest absolute Gasteiger partial charge is 0.444 e. The first kappa shape index (κ1) is 26.9. The number of carbonyl (C=O) groups is 2. The first-order chi connectivity index (χ1) is 18.3. The molecule has 0 spiro atoms. The van der Waals surface area contributed by atoms with Crippen molar-refractivity contribution in [1.82, 2.24) is 24.3 Å². The number of nitrogens with one attached hydrogen (secondary N) is 1. The van der Waals surface area contributed by atoms with E-state index in [1.165, 1.54) is 0 Å². The molecule has 3 aromatic rings. The van der Waals surface area contributed by atoms with E-state index in [1.807, 2.05) is 43.4 Å². The Kier molecular flexibility index (Phi) is 6.30. The number of piperazine rings is 1. The highest BCUT2D eigenvalue weighted by Crippen LogP contribution is 2.71. The van der Waals surface area contributed by atoms with Crippen LogP contribution in [0.4, 0.5) is 13.6 Å². The molecule has 8 nitrogen and oxygen atoms in total. The third-order valence-corrected chi connectivity index (χ3v) is 10.2. The zero-order valence-electron chi connectivity index (χ0n) is 22.3. The van der Waals surface area contributed by atoms with Gasteiger partial charge in [-0.05, 0) is 67.4 Å². The number of alkyl halides is 2. The van der Waals surface area contributed by atoms with Gasteiger partial charge in [0.2, 0.25) is 0 Å². The number of halogens is 3. The lowest BCUT2D eigenvalue weighted by Crippen LogP contribution is -2.51. The molecule has 208 valence electrons. The average molecular weight is 669 g/mol. The smallest absolute Gasteiger partial charge is 0.410 e. The molecule has 2 fully saturated rings. The lowest BCUT2D eigenvalue weighted by Gasteiger charge is -2.35. The van der Waals surface area contributed by atoms with Crippen molar-refractivity contribution in [2.75, 3.05) is 26.2 Å². The molecule has 2 aromatic heterocycles. The highest BCUT2D eigenvalue weighted by Gasteiger charge is 2.78. The third-order valence-electron chi connectivity index (χ3n) is 8.34. The van der Waals surface area contributed by atoms with Crippen LogP contribution in [0.25, 0.3) is 22.3 Å². The normalized spacial score (nSPS) is 24.2. The second-order valence-electron chi connectivity index (χ2n) is 12.0. The Balaban J connectivity index is 1.21. The predicted octanol–water partition coefficient (Wildman–Crippen LogP) is 5.89. The van der Waals surface area contributed by atoms with E-state index >= 15 is 0 Å². The summed E-state index contributed by atoms with van der Waals surface area (Å²) in [6.07, 6.45) is 0.621. The third kappa shape index (κ3) is 4.44. The summed E-state index contributed by atoms with van der Waals surface area (Å²) in [5, 5.41) is 5.74. The SMILES string of the molecule is CC(C)(C)OC(=O)N1CCN(C(=O)c2ccc3cc(-c4nn(PI)c5c4CC4C(F)(F)C4(C)C5)[nH]c3c2)CC1. The lowest BCUT2D eigenvalue weighted by atomic mass is 9.87. The highest BCUT2D eigenvalue weighted by molar-refractivity contribution is 14.2. The van der Waals surface area contributed by atoms with Crippen molar-refractivity contribution in [2.24, 2.45) is 11.3 Å². The summed E-state index contributed by atoms with van der Waals surface area (Å²) in [6.45, 7) is 8.87. The molecule has 1 saturated carbocycles. The van der Waals surface area contributed by atoms with E-state index in [4.69, 9.17) is 9.84 Å². The second-order valence-corrected chi connectivity index (χ2v) is 14.0. The van der Waals surface area contributed by atoms with Gasteiger partial charge in [0, 0.05) is 71.7 Å². The van der Waals surface area contributed by atoms with Crippen LogP contribution in [0.3, 0.4) is 0 Å². The zero-order valence-corrected chi connectivity index (χ0v) is 25.4. The standard InChI is InChI=1S/C27H31F2IN5O3P/c1-25(2,3)38-24(37)34-9-7-33(8-10-34)23(36)16-6-5-15-11-19(31-18(15)12-16)22-17-13-21-26(4,27(21,28)29)14-20(17)35(32-22)39-30/h5-6,11-12,21,31,39H,7-10,13-14H2,1-4H3. The number of nitrogens with zero attached hydrogens (tertiary/aromatic N) is 4. The van der Waals surface area contributed by atoms with Gasteiger partial charge in [-0.25, -0.2) is 18.0 Å². The molecule has 6 rings (SSSR count).